The fourth-order valence-corrected chi connectivity index (χ4v) is 1.57. The van der Waals surface area contributed by atoms with Crippen LogP contribution in [0.3, 0.4) is 0 Å². The number of amides is 1. The third-order valence-corrected chi connectivity index (χ3v) is 2.52. The van der Waals surface area contributed by atoms with Crippen LogP contribution in [0.1, 0.15) is 16.1 Å². The van der Waals surface area contributed by atoms with Gasteiger partial charge in [0.05, 0.1) is 0 Å². The van der Waals surface area contributed by atoms with Gasteiger partial charge in [-0.3, -0.25) is 4.79 Å². The normalized spacial score (nSPS) is 10.1. The van der Waals surface area contributed by atoms with E-state index in [0.717, 1.165) is 5.56 Å². The molecular weight excluding hydrogens is 255 g/mol. The van der Waals surface area contributed by atoms with Crippen LogP contribution in [0.15, 0.2) is 42.5 Å². The first-order valence-corrected chi connectivity index (χ1v) is 5.68. The molecule has 1 aromatic heterocycles. The summed E-state index contributed by atoms with van der Waals surface area (Å²) in [6, 6.07) is 10.7. The standard InChI is InChI=1S/C13H10ClFN2O/c14-12-3-1-2-11(17-12)13(18)16-8-9-4-6-10(15)7-5-9/h1-7H,8H2,(H,16,18). The van der Waals surface area contributed by atoms with E-state index in [9.17, 15) is 9.18 Å². The van der Waals surface area contributed by atoms with E-state index < -0.39 is 0 Å². The zero-order chi connectivity index (χ0) is 13.0. The van der Waals surface area contributed by atoms with Gasteiger partial charge in [0.25, 0.3) is 5.91 Å². The van der Waals surface area contributed by atoms with Gasteiger partial charge in [0, 0.05) is 6.54 Å². The average Bonchev–Trinajstić information content (AvgIpc) is 2.38. The zero-order valence-electron chi connectivity index (χ0n) is 9.36. The lowest BCUT2D eigenvalue weighted by atomic mass is 10.2. The number of rotatable bonds is 3. The summed E-state index contributed by atoms with van der Waals surface area (Å²) in [6.07, 6.45) is 0. The van der Waals surface area contributed by atoms with Crippen LogP contribution in [0.25, 0.3) is 0 Å². The molecule has 18 heavy (non-hydrogen) atoms. The summed E-state index contributed by atoms with van der Waals surface area (Å²) in [5.41, 5.74) is 1.07. The van der Waals surface area contributed by atoms with Crippen molar-refractivity contribution in [3.63, 3.8) is 0 Å². The fourth-order valence-electron chi connectivity index (χ4n) is 1.41. The largest absolute Gasteiger partial charge is 0.347 e. The van der Waals surface area contributed by atoms with E-state index in [4.69, 9.17) is 11.6 Å². The first kappa shape index (κ1) is 12.5. The molecule has 1 N–H and O–H groups in total. The van der Waals surface area contributed by atoms with E-state index in [0.29, 0.717) is 6.54 Å². The number of carbonyl (C=O) groups is 1. The number of carbonyl (C=O) groups excluding carboxylic acids is 1. The van der Waals surface area contributed by atoms with Gasteiger partial charge in [-0.15, -0.1) is 0 Å². The Morgan fingerprint density at radius 3 is 2.61 bits per heavy atom. The summed E-state index contributed by atoms with van der Waals surface area (Å²) >= 11 is 5.69. The van der Waals surface area contributed by atoms with Crippen LogP contribution >= 0.6 is 11.6 Å². The first-order chi connectivity index (χ1) is 8.65. The molecule has 1 heterocycles. The Morgan fingerprint density at radius 1 is 1.22 bits per heavy atom. The molecule has 3 nitrogen and oxygen atoms in total. The molecule has 0 spiro atoms. The molecule has 1 amide bonds. The number of nitrogens with one attached hydrogen (secondary N) is 1. The fraction of sp³-hybridized carbons (Fsp3) is 0.0769. The van der Waals surface area contributed by atoms with Gasteiger partial charge in [0.2, 0.25) is 0 Å². The Labute approximate surface area is 109 Å². The number of hydrogen-bond donors (Lipinski definition) is 1. The van der Waals surface area contributed by atoms with Crippen molar-refractivity contribution >= 4 is 17.5 Å². The summed E-state index contributed by atoms with van der Waals surface area (Å²) in [6.45, 7) is 0.313. The second kappa shape index (κ2) is 5.60. The molecule has 0 aliphatic heterocycles. The summed E-state index contributed by atoms with van der Waals surface area (Å²) in [4.78, 5) is 15.6. The lowest BCUT2D eigenvalue weighted by molar-refractivity contribution is 0.0946. The summed E-state index contributed by atoms with van der Waals surface area (Å²) < 4.78 is 12.7. The Balaban J connectivity index is 1.98. The minimum Gasteiger partial charge on any atom is -0.347 e. The predicted octanol–water partition coefficient (Wildman–Crippen LogP) is 2.80. The lowest BCUT2D eigenvalue weighted by Crippen LogP contribution is -2.23. The summed E-state index contributed by atoms with van der Waals surface area (Å²) in [7, 11) is 0. The highest BCUT2D eigenvalue weighted by Gasteiger charge is 2.06. The Morgan fingerprint density at radius 2 is 1.94 bits per heavy atom. The summed E-state index contributed by atoms with van der Waals surface area (Å²) in [5, 5.41) is 2.95. The molecule has 0 radical (unpaired) electrons. The Kier molecular flexibility index (Phi) is 3.89. The maximum atomic E-state index is 12.7. The number of hydrogen-bond acceptors (Lipinski definition) is 2. The van der Waals surface area contributed by atoms with Crippen molar-refractivity contribution in [1.82, 2.24) is 10.3 Å². The van der Waals surface area contributed by atoms with E-state index in [1.807, 2.05) is 0 Å². The van der Waals surface area contributed by atoms with E-state index in [1.165, 1.54) is 12.1 Å². The second-order valence-electron chi connectivity index (χ2n) is 3.65. The second-order valence-corrected chi connectivity index (χ2v) is 4.04. The molecule has 2 aromatic rings. The molecule has 0 aliphatic rings. The Bertz CT molecular complexity index is 557. The van der Waals surface area contributed by atoms with Crippen molar-refractivity contribution in [2.75, 3.05) is 0 Å². The molecule has 0 unspecified atom stereocenters. The number of halogens is 2. The van der Waals surface area contributed by atoms with E-state index in [-0.39, 0.29) is 22.6 Å². The van der Waals surface area contributed by atoms with Crippen molar-refractivity contribution in [2.45, 2.75) is 6.54 Å². The third kappa shape index (κ3) is 3.28. The predicted molar refractivity (Wildman–Crippen MR) is 66.8 cm³/mol. The molecule has 92 valence electrons. The molecule has 0 saturated carbocycles. The van der Waals surface area contributed by atoms with Crippen molar-refractivity contribution in [3.05, 3.63) is 64.7 Å². The van der Waals surface area contributed by atoms with Crippen LogP contribution < -0.4 is 5.32 Å². The molecular formula is C13H10ClFN2O. The maximum Gasteiger partial charge on any atom is 0.270 e. The average molecular weight is 265 g/mol. The van der Waals surface area contributed by atoms with Gasteiger partial charge in [-0.05, 0) is 29.8 Å². The van der Waals surface area contributed by atoms with Gasteiger partial charge in [0.15, 0.2) is 0 Å². The van der Waals surface area contributed by atoms with Crippen LogP contribution in [-0.4, -0.2) is 10.9 Å². The summed E-state index contributed by atoms with van der Waals surface area (Å²) in [5.74, 6) is -0.622. The van der Waals surface area contributed by atoms with Crippen LogP contribution in [0.5, 0.6) is 0 Å². The van der Waals surface area contributed by atoms with E-state index in [1.54, 1.807) is 30.3 Å². The highest BCUT2D eigenvalue weighted by molar-refractivity contribution is 6.29. The number of benzene rings is 1. The molecule has 1 aromatic carbocycles. The van der Waals surface area contributed by atoms with Gasteiger partial charge in [0.1, 0.15) is 16.7 Å². The van der Waals surface area contributed by atoms with E-state index >= 15 is 0 Å². The monoisotopic (exact) mass is 264 g/mol. The molecule has 2 rings (SSSR count). The van der Waals surface area contributed by atoms with Gasteiger partial charge in [-0.25, -0.2) is 9.37 Å². The zero-order valence-corrected chi connectivity index (χ0v) is 10.1. The highest BCUT2D eigenvalue weighted by Crippen LogP contribution is 2.06. The van der Waals surface area contributed by atoms with Crippen LogP contribution in [-0.2, 0) is 6.54 Å². The SMILES string of the molecule is O=C(NCc1ccc(F)cc1)c1cccc(Cl)n1. The smallest absolute Gasteiger partial charge is 0.270 e. The minimum atomic E-state index is -0.318. The molecule has 5 heteroatoms. The molecule has 0 bridgehead atoms. The quantitative estimate of drug-likeness (QED) is 0.866. The van der Waals surface area contributed by atoms with Crippen molar-refractivity contribution < 1.29 is 9.18 Å². The van der Waals surface area contributed by atoms with Crippen LogP contribution in [0, 0.1) is 5.82 Å². The molecule has 0 atom stereocenters. The van der Waals surface area contributed by atoms with E-state index in [2.05, 4.69) is 10.3 Å². The topological polar surface area (TPSA) is 42.0 Å². The van der Waals surface area contributed by atoms with Crippen LogP contribution in [0.2, 0.25) is 5.15 Å². The minimum absolute atomic E-state index is 0.254. The van der Waals surface area contributed by atoms with Gasteiger partial charge < -0.3 is 5.32 Å². The Hall–Kier alpha value is -1.94. The molecule has 0 saturated heterocycles. The maximum absolute atomic E-state index is 12.7. The first-order valence-electron chi connectivity index (χ1n) is 5.30. The van der Waals surface area contributed by atoms with Gasteiger partial charge in [-0.1, -0.05) is 29.8 Å². The highest BCUT2D eigenvalue weighted by atomic mass is 35.5. The van der Waals surface area contributed by atoms with Crippen molar-refractivity contribution in [3.8, 4) is 0 Å². The van der Waals surface area contributed by atoms with Crippen molar-refractivity contribution in [2.24, 2.45) is 0 Å². The molecule has 0 aliphatic carbocycles. The van der Waals surface area contributed by atoms with Crippen LogP contribution in [0.4, 0.5) is 4.39 Å². The lowest BCUT2D eigenvalue weighted by Gasteiger charge is -2.05. The molecule has 0 fully saturated rings. The third-order valence-electron chi connectivity index (χ3n) is 2.31. The number of pyridine rings is 1. The van der Waals surface area contributed by atoms with Gasteiger partial charge in [-0.2, -0.15) is 0 Å². The number of aromatic nitrogens is 1. The number of nitrogens with zero attached hydrogens (tertiary/aromatic N) is 1. The van der Waals surface area contributed by atoms with Gasteiger partial charge >= 0.3 is 0 Å². The van der Waals surface area contributed by atoms with Crippen molar-refractivity contribution in [1.29, 1.82) is 0 Å².